The SMILES string of the molecule is Cc1cc(-c2ccc3c(c2)C(C)(C)C(C)(C)C3(C)C)ncc1-c1ccccc1-c1cc(C(=O)N(c2ccc(-c3ccc(CC(C)C)cc3)nc2)c2ccc3c(c2)oc2ccccc23)cc(-c2ccccc2-c2cnc(-c3ccc4c(c3)C(C)(C)C(C)(C)C4(C)C)cc2C)c1. The highest BCUT2D eigenvalue weighted by Gasteiger charge is 2.58. The molecule has 0 bridgehead atoms. The lowest BCUT2D eigenvalue weighted by Crippen LogP contribution is -2.42. The molecule has 0 atom stereocenters. The van der Waals surface area contributed by atoms with E-state index in [0.29, 0.717) is 28.4 Å². The molecule has 6 heteroatoms. The van der Waals surface area contributed by atoms with Crippen LogP contribution >= 0.6 is 0 Å². The number of rotatable bonds is 12. The molecular formula is C88H86N4O2. The maximum Gasteiger partial charge on any atom is 0.262 e. The fourth-order valence-corrected chi connectivity index (χ4v) is 15.8. The van der Waals surface area contributed by atoms with Gasteiger partial charge in [-0.2, -0.15) is 0 Å². The number of pyridine rings is 3. The Morgan fingerprint density at radius 3 is 1.35 bits per heavy atom. The molecular weight excluding hydrogens is 1140 g/mol. The highest BCUT2D eigenvalue weighted by atomic mass is 16.3. The molecule has 0 fully saturated rings. The van der Waals surface area contributed by atoms with Crippen LogP contribution in [0, 0.1) is 30.6 Å². The van der Waals surface area contributed by atoms with E-state index < -0.39 is 0 Å². The molecule has 2 aliphatic rings. The second-order valence-corrected chi connectivity index (χ2v) is 30.5. The highest BCUT2D eigenvalue weighted by Crippen LogP contribution is 2.63. The highest BCUT2D eigenvalue weighted by molar-refractivity contribution is 6.14. The summed E-state index contributed by atoms with van der Waals surface area (Å²) in [6, 6.07) is 68.8. The molecule has 0 N–H and O–H groups in total. The molecule has 4 heterocycles. The third-order valence-corrected chi connectivity index (χ3v) is 23.8. The molecule has 6 nitrogen and oxygen atoms in total. The van der Waals surface area contributed by atoms with Crippen molar-refractivity contribution in [2.24, 2.45) is 16.7 Å². The van der Waals surface area contributed by atoms with E-state index in [1.54, 1.807) is 4.90 Å². The normalized spacial score (nSPS) is 16.1. The average Bonchev–Trinajstić information content (AvgIpc) is 1.54. The molecule has 0 saturated heterocycles. The Hall–Kier alpha value is -9.52. The molecule has 0 spiro atoms. The van der Waals surface area contributed by atoms with Crippen LogP contribution < -0.4 is 4.90 Å². The quantitative estimate of drug-likeness (QED) is 0.122. The van der Waals surface area contributed by atoms with E-state index in [1.807, 2.05) is 61.1 Å². The molecule has 0 aliphatic heterocycles. The zero-order chi connectivity index (χ0) is 66.2. The summed E-state index contributed by atoms with van der Waals surface area (Å²) in [6.45, 7) is 37.6. The van der Waals surface area contributed by atoms with Crippen molar-refractivity contribution < 1.29 is 9.21 Å². The Morgan fingerprint density at radius 2 is 0.851 bits per heavy atom. The number of carbonyl (C=O) groups is 1. The van der Waals surface area contributed by atoms with Crippen molar-refractivity contribution in [1.82, 2.24) is 15.0 Å². The van der Waals surface area contributed by atoms with Gasteiger partial charge in [-0.05, 0) is 204 Å². The van der Waals surface area contributed by atoms with Crippen molar-refractivity contribution >= 4 is 39.2 Å². The molecule has 0 saturated carbocycles. The van der Waals surface area contributed by atoms with Crippen LogP contribution in [-0.2, 0) is 28.1 Å². The van der Waals surface area contributed by atoms with Gasteiger partial charge in [0.1, 0.15) is 11.2 Å². The summed E-state index contributed by atoms with van der Waals surface area (Å²) in [4.78, 5) is 33.9. The topological polar surface area (TPSA) is 72.1 Å². The number of aryl methyl sites for hydroxylation is 2. The van der Waals surface area contributed by atoms with Gasteiger partial charge < -0.3 is 4.42 Å². The number of fused-ring (bicyclic) bond motifs is 5. The summed E-state index contributed by atoms with van der Waals surface area (Å²) >= 11 is 0. The van der Waals surface area contributed by atoms with Crippen molar-refractivity contribution in [3.05, 3.63) is 257 Å². The predicted octanol–water partition coefficient (Wildman–Crippen LogP) is 23.4. The third kappa shape index (κ3) is 9.79. The summed E-state index contributed by atoms with van der Waals surface area (Å²) in [6.07, 6.45) is 6.91. The molecule has 0 radical (unpaired) electrons. The van der Waals surface area contributed by atoms with Crippen LogP contribution in [-0.4, -0.2) is 20.9 Å². The van der Waals surface area contributed by atoms with Gasteiger partial charge in [0.15, 0.2) is 0 Å². The fraction of sp³-hybridized carbons (Fsp3) is 0.273. The van der Waals surface area contributed by atoms with Crippen LogP contribution in [0.4, 0.5) is 11.4 Å². The summed E-state index contributed by atoms with van der Waals surface area (Å²) in [5.74, 6) is 0.329. The minimum atomic E-state index is -0.223. The van der Waals surface area contributed by atoms with Gasteiger partial charge in [-0.15, -0.1) is 0 Å². The predicted molar refractivity (Wildman–Crippen MR) is 392 cm³/mol. The molecule has 8 aromatic carbocycles. The lowest BCUT2D eigenvalue weighted by Gasteiger charge is -2.44. The molecule has 1 amide bonds. The number of aromatic nitrogens is 3. The van der Waals surface area contributed by atoms with Crippen molar-refractivity contribution in [1.29, 1.82) is 0 Å². The largest absolute Gasteiger partial charge is 0.456 e. The van der Waals surface area contributed by atoms with Gasteiger partial charge in [0.05, 0.1) is 34.7 Å². The number of nitrogens with zero attached hydrogens (tertiary/aromatic N) is 4. The minimum Gasteiger partial charge on any atom is -0.456 e. The average molecular weight is 1230 g/mol. The van der Waals surface area contributed by atoms with E-state index >= 15 is 4.79 Å². The molecule has 2 aliphatic carbocycles. The van der Waals surface area contributed by atoms with Gasteiger partial charge in [0.2, 0.25) is 0 Å². The number of benzene rings is 8. The maximum absolute atomic E-state index is 16.5. The number of hydrogen-bond donors (Lipinski definition) is 0. The first kappa shape index (κ1) is 62.0. The molecule has 470 valence electrons. The number of carbonyl (C=O) groups excluding carboxylic acids is 1. The van der Waals surface area contributed by atoms with Gasteiger partial charge in [-0.25, -0.2) is 0 Å². The Labute approximate surface area is 556 Å². The van der Waals surface area contributed by atoms with Crippen LogP contribution in [0.1, 0.15) is 146 Å². The monoisotopic (exact) mass is 1230 g/mol. The van der Waals surface area contributed by atoms with Gasteiger partial charge in [0.25, 0.3) is 5.91 Å². The van der Waals surface area contributed by atoms with Crippen molar-refractivity contribution in [2.75, 3.05) is 4.90 Å². The number of hydrogen-bond acceptors (Lipinski definition) is 5. The van der Waals surface area contributed by atoms with Crippen molar-refractivity contribution in [2.45, 2.75) is 139 Å². The maximum atomic E-state index is 16.5. The number of para-hydroxylation sites is 1. The first-order chi connectivity index (χ1) is 44.7. The van der Waals surface area contributed by atoms with Gasteiger partial charge >= 0.3 is 0 Å². The van der Waals surface area contributed by atoms with E-state index in [1.165, 1.54) is 27.8 Å². The summed E-state index contributed by atoms with van der Waals surface area (Å²) in [5.41, 5.74) is 26.1. The Kier molecular flexibility index (Phi) is 14.7. The van der Waals surface area contributed by atoms with Crippen molar-refractivity contribution in [3.8, 4) is 78.3 Å². The van der Waals surface area contributed by atoms with Crippen LogP contribution in [0.25, 0.3) is 100 Å². The molecule has 4 aromatic heterocycles. The van der Waals surface area contributed by atoms with E-state index in [0.717, 1.165) is 112 Å². The lowest BCUT2D eigenvalue weighted by molar-refractivity contribution is 0.0999. The van der Waals surface area contributed by atoms with Crippen LogP contribution in [0.2, 0.25) is 0 Å². The zero-order valence-corrected chi connectivity index (χ0v) is 57.6. The Morgan fingerprint density at radius 1 is 0.394 bits per heavy atom. The first-order valence-electron chi connectivity index (χ1n) is 33.6. The van der Waals surface area contributed by atoms with Crippen LogP contribution in [0.15, 0.2) is 217 Å². The standard InChI is InChI=1S/C88H86N4O2/c1-53(2)41-56-29-31-57(32-30-56)77-40-36-64(50-89-77)92(63-35-37-70-69-27-21-22-28-80(69)94-81(70)49-63)82(93)62-45-60(65-23-17-19-25-67(65)71-51-90-78(42-54(71)3)58-33-38-73-75(47-58)85(9,10)87(13,14)83(73,5)6)44-61(46-62)66-24-18-20-26-68(66)72-52-91-79(43-55(72)4)59-34-39-74-76(48-59)86(11,12)88(15,16)84(74,7)8/h17-40,42-53H,41H2,1-16H3. The Bertz CT molecular complexity index is 4810. The molecule has 94 heavy (non-hydrogen) atoms. The van der Waals surface area contributed by atoms with E-state index in [4.69, 9.17) is 19.4 Å². The number of furan rings is 1. The van der Waals surface area contributed by atoms with Gasteiger partial charge in [-0.1, -0.05) is 212 Å². The molecule has 14 rings (SSSR count). The smallest absolute Gasteiger partial charge is 0.262 e. The second kappa shape index (κ2) is 22.3. The van der Waals surface area contributed by atoms with Crippen molar-refractivity contribution in [3.63, 3.8) is 0 Å². The summed E-state index contributed by atoms with van der Waals surface area (Å²) < 4.78 is 6.54. The molecule has 12 aromatic rings. The van der Waals surface area contributed by atoms with E-state index in [-0.39, 0.29) is 38.4 Å². The first-order valence-corrected chi connectivity index (χ1v) is 33.6. The van der Waals surface area contributed by atoms with Crippen LogP contribution in [0.3, 0.4) is 0 Å². The van der Waals surface area contributed by atoms with E-state index in [2.05, 4.69) is 262 Å². The zero-order valence-electron chi connectivity index (χ0n) is 57.6. The molecule has 0 unspecified atom stereocenters. The minimum absolute atomic E-state index is 0.00906. The van der Waals surface area contributed by atoms with Gasteiger partial charge in [0, 0.05) is 62.6 Å². The third-order valence-electron chi connectivity index (χ3n) is 23.8. The summed E-state index contributed by atoms with van der Waals surface area (Å²) in [5, 5.41) is 1.99. The Balaban J connectivity index is 0.913. The fourth-order valence-electron chi connectivity index (χ4n) is 15.8. The number of anilines is 2. The van der Waals surface area contributed by atoms with E-state index in [9.17, 15) is 0 Å². The van der Waals surface area contributed by atoms with Crippen LogP contribution in [0.5, 0.6) is 0 Å². The summed E-state index contributed by atoms with van der Waals surface area (Å²) in [7, 11) is 0. The lowest BCUT2D eigenvalue weighted by atomic mass is 9.59. The number of amides is 1. The van der Waals surface area contributed by atoms with Gasteiger partial charge in [-0.3, -0.25) is 24.6 Å². The second-order valence-electron chi connectivity index (χ2n) is 30.5.